The number of hydrogen-bond acceptors (Lipinski definition) is 2. The molecule has 0 aromatic heterocycles. The van der Waals surface area contributed by atoms with E-state index >= 15 is 0 Å². The van der Waals surface area contributed by atoms with Crippen molar-refractivity contribution < 1.29 is 4.79 Å². The lowest BCUT2D eigenvalue weighted by Crippen LogP contribution is -2.46. The van der Waals surface area contributed by atoms with Crippen molar-refractivity contribution in [1.29, 1.82) is 0 Å². The van der Waals surface area contributed by atoms with Gasteiger partial charge in [0.25, 0.3) is 0 Å². The van der Waals surface area contributed by atoms with E-state index in [1.54, 1.807) is 0 Å². The Morgan fingerprint density at radius 1 is 1.40 bits per heavy atom. The van der Waals surface area contributed by atoms with Crippen LogP contribution in [0.15, 0.2) is 0 Å². The summed E-state index contributed by atoms with van der Waals surface area (Å²) in [7, 11) is 0. The van der Waals surface area contributed by atoms with Crippen molar-refractivity contribution in [2.45, 2.75) is 59.0 Å². The summed E-state index contributed by atoms with van der Waals surface area (Å²) in [5, 5.41) is 6.29. The van der Waals surface area contributed by atoms with Gasteiger partial charge in [-0.25, -0.2) is 0 Å². The van der Waals surface area contributed by atoms with Crippen LogP contribution in [0.1, 0.15) is 47.0 Å². The molecule has 0 aliphatic heterocycles. The molecule has 1 fully saturated rings. The molecule has 2 N–H and O–H groups in total. The van der Waals surface area contributed by atoms with E-state index in [2.05, 4.69) is 24.5 Å². The molecule has 1 saturated carbocycles. The van der Waals surface area contributed by atoms with Gasteiger partial charge in [-0.2, -0.15) is 0 Å². The van der Waals surface area contributed by atoms with Gasteiger partial charge in [0.1, 0.15) is 0 Å². The standard InChI is InChI=1S/C12H24N2O/c1-5-9(2)14-11(15)10(3)13-8-12(4)6-7-12/h9-10,13H,5-8H2,1-4H3,(H,14,15). The minimum atomic E-state index is -0.0728. The fourth-order valence-electron chi connectivity index (χ4n) is 1.35. The minimum Gasteiger partial charge on any atom is -0.352 e. The zero-order chi connectivity index (χ0) is 11.5. The number of rotatable bonds is 6. The molecule has 0 heterocycles. The van der Waals surface area contributed by atoms with Gasteiger partial charge in [-0.15, -0.1) is 0 Å². The second kappa shape index (κ2) is 4.97. The summed E-state index contributed by atoms with van der Waals surface area (Å²) < 4.78 is 0. The SMILES string of the molecule is CCC(C)NC(=O)C(C)NCC1(C)CC1. The third-order valence-corrected chi connectivity index (χ3v) is 3.33. The van der Waals surface area contributed by atoms with E-state index in [9.17, 15) is 4.79 Å². The second-order valence-electron chi connectivity index (χ2n) is 5.23. The Kier molecular flexibility index (Phi) is 4.14. The van der Waals surface area contributed by atoms with Gasteiger partial charge in [-0.1, -0.05) is 13.8 Å². The Morgan fingerprint density at radius 3 is 2.47 bits per heavy atom. The lowest BCUT2D eigenvalue weighted by molar-refractivity contribution is -0.123. The summed E-state index contributed by atoms with van der Waals surface area (Å²) >= 11 is 0. The molecule has 0 saturated heterocycles. The molecule has 1 aliphatic carbocycles. The highest BCUT2D eigenvalue weighted by atomic mass is 16.2. The van der Waals surface area contributed by atoms with E-state index in [1.807, 2.05) is 13.8 Å². The zero-order valence-electron chi connectivity index (χ0n) is 10.4. The molecule has 0 aromatic rings. The third-order valence-electron chi connectivity index (χ3n) is 3.33. The minimum absolute atomic E-state index is 0.0728. The molecule has 1 rings (SSSR count). The molecule has 1 aliphatic rings. The molecule has 0 spiro atoms. The lowest BCUT2D eigenvalue weighted by Gasteiger charge is -2.19. The van der Waals surface area contributed by atoms with Crippen LogP contribution in [0.25, 0.3) is 0 Å². The number of carbonyl (C=O) groups excluding carboxylic acids is 1. The van der Waals surface area contributed by atoms with Crippen LogP contribution in [0.4, 0.5) is 0 Å². The molecule has 2 unspecified atom stereocenters. The largest absolute Gasteiger partial charge is 0.352 e. The van der Waals surface area contributed by atoms with Gasteiger partial charge < -0.3 is 10.6 Å². The van der Waals surface area contributed by atoms with Gasteiger partial charge in [0.05, 0.1) is 6.04 Å². The highest BCUT2D eigenvalue weighted by Crippen LogP contribution is 2.44. The summed E-state index contributed by atoms with van der Waals surface area (Å²) in [4.78, 5) is 11.7. The van der Waals surface area contributed by atoms with Gasteiger partial charge in [-0.05, 0) is 38.5 Å². The summed E-state index contributed by atoms with van der Waals surface area (Å²) in [6.45, 7) is 9.27. The van der Waals surface area contributed by atoms with E-state index in [-0.39, 0.29) is 18.0 Å². The van der Waals surface area contributed by atoms with Gasteiger partial charge in [0.15, 0.2) is 0 Å². The molecule has 2 atom stereocenters. The number of hydrogen-bond donors (Lipinski definition) is 2. The summed E-state index contributed by atoms with van der Waals surface area (Å²) in [6, 6.07) is 0.203. The molecular weight excluding hydrogens is 188 g/mol. The van der Waals surface area contributed by atoms with Crippen molar-refractivity contribution in [2.75, 3.05) is 6.54 Å². The first-order valence-electron chi connectivity index (χ1n) is 6.00. The second-order valence-corrected chi connectivity index (χ2v) is 5.23. The molecular formula is C12H24N2O. The Morgan fingerprint density at radius 2 is 2.00 bits per heavy atom. The van der Waals surface area contributed by atoms with Crippen molar-refractivity contribution in [3.05, 3.63) is 0 Å². The van der Waals surface area contributed by atoms with Crippen molar-refractivity contribution in [3.63, 3.8) is 0 Å². The van der Waals surface area contributed by atoms with Crippen molar-refractivity contribution >= 4 is 5.91 Å². The van der Waals surface area contributed by atoms with E-state index in [0.29, 0.717) is 5.41 Å². The molecule has 15 heavy (non-hydrogen) atoms. The zero-order valence-corrected chi connectivity index (χ0v) is 10.4. The molecule has 0 bridgehead atoms. The molecule has 3 nitrogen and oxygen atoms in total. The average molecular weight is 212 g/mol. The van der Waals surface area contributed by atoms with Crippen LogP contribution in [-0.4, -0.2) is 24.5 Å². The van der Waals surface area contributed by atoms with E-state index < -0.39 is 0 Å². The first kappa shape index (κ1) is 12.5. The van der Waals surface area contributed by atoms with E-state index in [1.165, 1.54) is 12.8 Å². The van der Waals surface area contributed by atoms with Crippen LogP contribution < -0.4 is 10.6 Å². The van der Waals surface area contributed by atoms with Gasteiger partial charge in [0.2, 0.25) is 5.91 Å². The first-order chi connectivity index (χ1) is 6.97. The molecule has 1 amide bonds. The Hall–Kier alpha value is -0.570. The number of nitrogens with one attached hydrogen (secondary N) is 2. The monoisotopic (exact) mass is 212 g/mol. The predicted octanol–water partition coefficient (Wildman–Crippen LogP) is 1.68. The van der Waals surface area contributed by atoms with Crippen LogP contribution >= 0.6 is 0 Å². The molecule has 3 heteroatoms. The van der Waals surface area contributed by atoms with Gasteiger partial charge >= 0.3 is 0 Å². The fraction of sp³-hybridized carbons (Fsp3) is 0.917. The third kappa shape index (κ3) is 4.20. The fourth-order valence-corrected chi connectivity index (χ4v) is 1.35. The maximum Gasteiger partial charge on any atom is 0.237 e. The maximum absolute atomic E-state index is 11.7. The molecule has 0 aromatic carbocycles. The first-order valence-corrected chi connectivity index (χ1v) is 6.00. The highest BCUT2D eigenvalue weighted by Gasteiger charge is 2.37. The van der Waals surface area contributed by atoms with Gasteiger partial charge in [0, 0.05) is 12.6 Å². The maximum atomic E-state index is 11.7. The summed E-state index contributed by atoms with van der Waals surface area (Å²) in [6.07, 6.45) is 3.57. The van der Waals surface area contributed by atoms with Crippen molar-refractivity contribution in [3.8, 4) is 0 Å². The summed E-state index contributed by atoms with van der Waals surface area (Å²) in [5.74, 6) is 0.119. The lowest BCUT2D eigenvalue weighted by atomic mass is 10.1. The van der Waals surface area contributed by atoms with Crippen LogP contribution in [0.2, 0.25) is 0 Å². The molecule has 0 radical (unpaired) electrons. The highest BCUT2D eigenvalue weighted by molar-refractivity contribution is 5.81. The smallest absolute Gasteiger partial charge is 0.237 e. The molecule has 88 valence electrons. The number of amides is 1. The Labute approximate surface area is 93.0 Å². The predicted molar refractivity (Wildman–Crippen MR) is 62.7 cm³/mol. The topological polar surface area (TPSA) is 41.1 Å². The van der Waals surface area contributed by atoms with Crippen LogP contribution in [0, 0.1) is 5.41 Å². The number of carbonyl (C=O) groups is 1. The van der Waals surface area contributed by atoms with Crippen molar-refractivity contribution in [1.82, 2.24) is 10.6 Å². The van der Waals surface area contributed by atoms with Crippen LogP contribution in [0.3, 0.4) is 0 Å². The Balaban J connectivity index is 2.20. The quantitative estimate of drug-likeness (QED) is 0.703. The Bertz CT molecular complexity index is 224. The summed E-state index contributed by atoms with van der Waals surface area (Å²) in [5.41, 5.74) is 0.463. The normalized spacial score (nSPS) is 21.9. The van der Waals surface area contributed by atoms with Crippen LogP contribution in [0.5, 0.6) is 0 Å². The van der Waals surface area contributed by atoms with Crippen molar-refractivity contribution in [2.24, 2.45) is 5.41 Å². The van der Waals surface area contributed by atoms with E-state index in [4.69, 9.17) is 0 Å². The van der Waals surface area contributed by atoms with E-state index in [0.717, 1.165) is 13.0 Å². The van der Waals surface area contributed by atoms with Gasteiger partial charge in [-0.3, -0.25) is 4.79 Å². The average Bonchev–Trinajstić information content (AvgIpc) is 2.93. The van der Waals surface area contributed by atoms with Crippen LogP contribution in [-0.2, 0) is 4.79 Å².